The smallest absolute Gasteiger partial charge is 0.465 e. The Labute approximate surface area is 154 Å². The van der Waals surface area contributed by atoms with Crippen molar-refractivity contribution in [1.29, 1.82) is 0 Å². The molecule has 2 N–H and O–H groups in total. The van der Waals surface area contributed by atoms with Crippen LogP contribution in [0.3, 0.4) is 0 Å². The molecule has 1 amide bonds. The lowest BCUT2D eigenvalue weighted by Crippen LogP contribution is -2.36. The zero-order chi connectivity index (χ0) is 19.2. The minimum absolute atomic E-state index is 0.0212. The molecule has 0 aromatic heterocycles. The van der Waals surface area contributed by atoms with Crippen LogP contribution in [0.1, 0.15) is 36.4 Å². The van der Waals surface area contributed by atoms with Crippen LogP contribution in [0.2, 0.25) is 0 Å². The molecule has 2 aliphatic carbocycles. The number of benzene rings is 2. The van der Waals surface area contributed by atoms with Crippen LogP contribution in [0.15, 0.2) is 42.5 Å². The molecule has 1 saturated carbocycles. The van der Waals surface area contributed by atoms with Crippen molar-refractivity contribution in [3.63, 3.8) is 0 Å². The summed E-state index contributed by atoms with van der Waals surface area (Å²) in [4.78, 5) is 11.2. The van der Waals surface area contributed by atoms with E-state index in [-0.39, 0.29) is 17.2 Å². The molecule has 0 aliphatic heterocycles. The van der Waals surface area contributed by atoms with Gasteiger partial charge in [-0.2, -0.15) is 0 Å². The number of hydrogen-bond acceptors (Lipinski definition) is 2. The molecule has 1 spiro atoms. The molecule has 0 saturated heterocycles. The topological polar surface area (TPSA) is 58.6 Å². The van der Waals surface area contributed by atoms with Gasteiger partial charge in [0.15, 0.2) is 0 Å². The highest BCUT2D eigenvalue weighted by molar-refractivity contribution is 5.69. The Kier molecular flexibility index (Phi) is 4.05. The molecule has 1 unspecified atom stereocenters. The minimum atomic E-state index is -4.73. The van der Waals surface area contributed by atoms with E-state index in [1.165, 1.54) is 18.2 Å². The van der Waals surface area contributed by atoms with E-state index >= 15 is 0 Å². The number of halogens is 3. The van der Waals surface area contributed by atoms with E-state index in [1.807, 2.05) is 18.2 Å². The molecule has 7 heteroatoms. The summed E-state index contributed by atoms with van der Waals surface area (Å²) >= 11 is 0. The molecule has 0 bridgehead atoms. The Bertz CT molecular complexity index is 890. The predicted octanol–water partition coefficient (Wildman–Crippen LogP) is 5.29. The molecule has 142 valence electrons. The third-order valence-electron chi connectivity index (χ3n) is 5.52. The summed E-state index contributed by atoms with van der Waals surface area (Å²) in [5.74, 6) is -0.264. The van der Waals surface area contributed by atoms with Crippen LogP contribution in [0.4, 0.5) is 18.0 Å². The van der Waals surface area contributed by atoms with E-state index in [2.05, 4.69) is 10.1 Å². The molecule has 1 fully saturated rings. The van der Waals surface area contributed by atoms with E-state index in [0.29, 0.717) is 5.56 Å². The second-order valence-electron chi connectivity index (χ2n) is 7.23. The maximum Gasteiger partial charge on any atom is 0.573 e. The van der Waals surface area contributed by atoms with Gasteiger partial charge in [-0.3, -0.25) is 0 Å². The third kappa shape index (κ3) is 3.59. The highest BCUT2D eigenvalue weighted by Gasteiger charge is 2.52. The van der Waals surface area contributed by atoms with Crippen LogP contribution >= 0.6 is 0 Å². The van der Waals surface area contributed by atoms with Gasteiger partial charge in [-0.1, -0.05) is 30.3 Å². The lowest BCUT2D eigenvalue weighted by molar-refractivity contribution is -0.274. The number of ether oxygens (including phenoxy) is 1. The standard InChI is InChI=1S/C20H18F3NO3/c21-20(22,23)27-15-3-1-2-12(11-15)13-4-5-16-14(10-13)6-7-19(8-9-19)17(16)24-18(25)26/h1-5,10-11,17,24H,6-9H2,(H,25,26). The van der Waals surface area contributed by atoms with Gasteiger partial charge in [0.1, 0.15) is 5.75 Å². The van der Waals surface area contributed by atoms with Crippen molar-refractivity contribution < 1.29 is 27.8 Å². The maximum absolute atomic E-state index is 12.4. The predicted molar refractivity (Wildman–Crippen MR) is 92.5 cm³/mol. The van der Waals surface area contributed by atoms with E-state index in [4.69, 9.17) is 0 Å². The van der Waals surface area contributed by atoms with E-state index in [1.54, 1.807) is 6.07 Å². The molecule has 0 radical (unpaired) electrons. The Morgan fingerprint density at radius 1 is 1.11 bits per heavy atom. The number of nitrogens with one attached hydrogen (secondary N) is 1. The fourth-order valence-corrected chi connectivity index (χ4v) is 4.07. The van der Waals surface area contributed by atoms with E-state index < -0.39 is 12.5 Å². The van der Waals surface area contributed by atoms with Crippen LogP contribution in [0.25, 0.3) is 11.1 Å². The number of fused-ring (bicyclic) bond motifs is 1. The quantitative estimate of drug-likeness (QED) is 0.764. The van der Waals surface area contributed by atoms with Gasteiger partial charge in [0, 0.05) is 0 Å². The first-order valence-electron chi connectivity index (χ1n) is 8.74. The number of amides is 1. The van der Waals surface area contributed by atoms with Crippen molar-refractivity contribution in [1.82, 2.24) is 5.32 Å². The van der Waals surface area contributed by atoms with Crippen molar-refractivity contribution >= 4 is 6.09 Å². The van der Waals surface area contributed by atoms with Crippen LogP contribution in [-0.2, 0) is 6.42 Å². The van der Waals surface area contributed by atoms with Gasteiger partial charge in [-0.15, -0.1) is 13.2 Å². The van der Waals surface area contributed by atoms with Gasteiger partial charge < -0.3 is 15.2 Å². The SMILES string of the molecule is O=C(O)NC1c2ccc(-c3cccc(OC(F)(F)F)c3)cc2CCC12CC2. The minimum Gasteiger partial charge on any atom is -0.465 e. The van der Waals surface area contributed by atoms with Gasteiger partial charge in [0.05, 0.1) is 6.04 Å². The zero-order valence-electron chi connectivity index (χ0n) is 14.3. The fraction of sp³-hybridized carbons (Fsp3) is 0.350. The molecule has 27 heavy (non-hydrogen) atoms. The fourth-order valence-electron chi connectivity index (χ4n) is 4.07. The number of rotatable bonds is 3. The maximum atomic E-state index is 12.4. The monoisotopic (exact) mass is 377 g/mol. The number of carboxylic acid groups (broad SMARTS) is 1. The summed E-state index contributed by atoms with van der Waals surface area (Å²) in [6, 6.07) is 11.3. The highest BCUT2D eigenvalue weighted by atomic mass is 19.4. The summed E-state index contributed by atoms with van der Waals surface area (Å²) in [6.45, 7) is 0. The van der Waals surface area contributed by atoms with Crippen molar-refractivity contribution in [3.05, 3.63) is 53.6 Å². The number of alkyl halides is 3. The number of hydrogen-bond donors (Lipinski definition) is 2. The molecular formula is C20H18F3NO3. The average molecular weight is 377 g/mol. The molecule has 2 aromatic carbocycles. The first kappa shape index (κ1) is 17.7. The molecule has 2 aliphatic rings. The zero-order valence-corrected chi connectivity index (χ0v) is 14.3. The van der Waals surface area contributed by atoms with Crippen LogP contribution in [0.5, 0.6) is 5.75 Å². The van der Waals surface area contributed by atoms with Crippen LogP contribution in [0, 0.1) is 5.41 Å². The molecule has 2 aromatic rings. The summed E-state index contributed by atoms with van der Waals surface area (Å²) in [5, 5.41) is 11.8. The summed E-state index contributed by atoms with van der Waals surface area (Å²) in [6.07, 6.45) is -2.01. The molecule has 1 atom stereocenters. The Morgan fingerprint density at radius 3 is 2.52 bits per heavy atom. The van der Waals surface area contributed by atoms with Crippen LogP contribution < -0.4 is 10.1 Å². The third-order valence-corrected chi connectivity index (χ3v) is 5.52. The van der Waals surface area contributed by atoms with Crippen molar-refractivity contribution in [2.45, 2.75) is 38.1 Å². The normalized spacial score (nSPS) is 20.0. The average Bonchev–Trinajstić information content (AvgIpc) is 3.36. The Hall–Kier alpha value is -2.70. The molecular weight excluding hydrogens is 359 g/mol. The lowest BCUT2D eigenvalue weighted by Gasteiger charge is -2.34. The van der Waals surface area contributed by atoms with Gasteiger partial charge in [-0.25, -0.2) is 4.79 Å². The lowest BCUT2D eigenvalue weighted by atomic mass is 9.76. The second kappa shape index (κ2) is 6.18. The Morgan fingerprint density at radius 2 is 1.85 bits per heavy atom. The Balaban J connectivity index is 1.66. The first-order chi connectivity index (χ1) is 12.8. The highest BCUT2D eigenvalue weighted by Crippen LogP contribution is 2.61. The van der Waals surface area contributed by atoms with Crippen molar-refractivity contribution in [3.8, 4) is 16.9 Å². The van der Waals surface area contributed by atoms with Crippen LogP contribution in [-0.4, -0.2) is 17.6 Å². The van der Waals surface area contributed by atoms with Gasteiger partial charge in [0.2, 0.25) is 0 Å². The van der Waals surface area contributed by atoms with E-state index in [9.17, 15) is 23.1 Å². The summed E-state index contributed by atoms with van der Waals surface area (Å²) < 4.78 is 41.3. The molecule has 0 heterocycles. The summed E-state index contributed by atoms with van der Waals surface area (Å²) in [5.41, 5.74) is 3.42. The number of aryl methyl sites for hydroxylation is 1. The van der Waals surface area contributed by atoms with Gasteiger partial charge in [0.25, 0.3) is 0 Å². The molecule has 4 nitrogen and oxygen atoms in total. The van der Waals surface area contributed by atoms with Crippen molar-refractivity contribution in [2.75, 3.05) is 0 Å². The van der Waals surface area contributed by atoms with Gasteiger partial charge in [-0.05, 0) is 65.5 Å². The van der Waals surface area contributed by atoms with Gasteiger partial charge >= 0.3 is 12.5 Å². The van der Waals surface area contributed by atoms with Crippen molar-refractivity contribution in [2.24, 2.45) is 5.41 Å². The summed E-state index contributed by atoms with van der Waals surface area (Å²) in [7, 11) is 0. The number of carbonyl (C=O) groups is 1. The molecule has 4 rings (SSSR count). The van der Waals surface area contributed by atoms with E-state index in [0.717, 1.165) is 42.4 Å². The first-order valence-corrected chi connectivity index (χ1v) is 8.74. The largest absolute Gasteiger partial charge is 0.573 e. The second-order valence-corrected chi connectivity index (χ2v) is 7.23.